The molecule has 0 saturated heterocycles. The molecule has 4 rings (SSSR count). The molecule has 0 unspecified atom stereocenters. The summed E-state index contributed by atoms with van der Waals surface area (Å²) in [6, 6.07) is 9.36. The van der Waals surface area contributed by atoms with Crippen molar-refractivity contribution in [1.29, 1.82) is 0 Å². The highest BCUT2D eigenvalue weighted by atomic mass is 32.1. The molecular formula is C26H30S2. The Kier molecular flexibility index (Phi) is 4.92. The summed E-state index contributed by atoms with van der Waals surface area (Å²) in [6.45, 7) is 18.3. The van der Waals surface area contributed by atoms with Crippen LogP contribution in [0, 0.1) is 0 Å². The largest absolute Gasteiger partial charge is 0.138 e. The molecule has 2 heterocycles. The highest BCUT2D eigenvalue weighted by Gasteiger charge is 2.29. The van der Waals surface area contributed by atoms with E-state index in [9.17, 15) is 0 Å². The molecule has 0 fully saturated rings. The van der Waals surface area contributed by atoms with Gasteiger partial charge in [-0.25, -0.2) is 0 Å². The molecule has 28 heavy (non-hydrogen) atoms. The first-order chi connectivity index (χ1) is 13.2. The van der Waals surface area contributed by atoms with Crippen molar-refractivity contribution in [3.8, 4) is 9.75 Å². The van der Waals surface area contributed by atoms with E-state index in [4.69, 9.17) is 0 Å². The van der Waals surface area contributed by atoms with Crippen LogP contribution in [0.2, 0.25) is 0 Å². The molecule has 0 bridgehead atoms. The Labute approximate surface area is 178 Å². The van der Waals surface area contributed by atoms with E-state index in [1.807, 2.05) is 22.7 Å². The van der Waals surface area contributed by atoms with Crippen LogP contribution in [0.5, 0.6) is 0 Å². The van der Waals surface area contributed by atoms with E-state index in [-0.39, 0.29) is 0 Å². The van der Waals surface area contributed by atoms with Crippen LogP contribution >= 0.6 is 22.7 Å². The third-order valence-electron chi connectivity index (χ3n) is 7.29. The fraction of sp³-hybridized carbons (Fsp3) is 0.385. The Morgan fingerprint density at radius 1 is 0.464 bits per heavy atom. The number of allylic oxidation sites excluding steroid dienone is 8. The summed E-state index contributed by atoms with van der Waals surface area (Å²) in [5.41, 5.74) is 12.0. The Morgan fingerprint density at radius 2 is 0.750 bits per heavy atom. The summed E-state index contributed by atoms with van der Waals surface area (Å²) in [5.74, 6) is 0.960. The van der Waals surface area contributed by atoms with Crippen LogP contribution in [-0.2, 0) is 0 Å². The van der Waals surface area contributed by atoms with Gasteiger partial charge in [-0.2, -0.15) is 0 Å². The van der Waals surface area contributed by atoms with Gasteiger partial charge in [0.1, 0.15) is 0 Å². The van der Waals surface area contributed by atoms with Gasteiger partial charge in [0, 0.05) is 31.3 Å². The second-order valence-corrected chi connectivity index (χ2v) is 10.7. The van der Waals surface area contributed by atoms with Crippen molar-refractivity contribution in [3.63, 3.8) is 0 Å². The van der Waals surface area contributed by atoms with Crippen molar-refractivity contribution in [2.75, 3.05) is 0 Å². The van der Waals surface area contributed by atoms with E-state index in [1.54, 1.807) is 0 Å². The molecule has 146 valence electrons. The quantitative estimate of drug-likeness (QED) is 0.477. The summed E-state index contributed by atoms with van der Waals surface area (Å²) in [7, 11) is 0. The third-order valence-corrected chi connectivity index (χ3v) is 9.78. The van der Waals surface area contributed by atoms with Crippen molar-refractivity contribution in [2.24, 2.45) is 0 Å². The third kappa shape index (κ3) is 2.84. The summed E-state index contributed by atoms with van der Waals surface area (Å²) in [6.07, 6.45) is 0. The Bertz CT molecular complexity index is 955. The Morgan fingerprint density at radius 3 is 1.04 bits per heavy atom. The van der Waals surface area contributed by atoms with E-state index in [0.717, 1.165) is 0 Å². The molecule has 0 atom stereocenters. The molecule has 0 saturated carbocycles. The van der Waals surface area contributed by atoms with Crippen LogP contribution < -0.4 is 0 Å². The van der Waals surface area contributed by atoms with Crippen LogP contribution in [0.1, 0.15) is 77.0 Å². The lowest BCUT2D eigenvalue weighted by Gasteiger charge is -2.13. The topological polar surface area (TPSA) is 0 Å². The average molecular weight is 407 g/mol. The first-order valence-corrected chi connectivity index (χ1v) is 11.8. The van der Waals surface area contributed by atoms with E-state index in [2.05, 4.69) is 79.7 Å². The predicted molar refractivity (Wildman–Crippen MR) is 127 cm³/mol. The van der Waals surface area contributed by atoms with Crippen LogP contribution in [-0.4, -0.2) is 0 Å². The van der Waals surface area contributed by atoms with E-state index >= 15 is 0 Å². The lowest BCUT2D eigenvalue weighted by molar-refractivity contribution is 0.959. The number of hydrogen-bond acceptors (Lipinski definition) is 2. The van der Waals surface area contributed by atoms with Gasteiger partial charge in [-0.1, -0.05) is 22.3 Å². The van der Waals surface area contributed by atoms with Gasteiger partial charge >= 0.3 is 0 Å². The van der Waals surface area contributed by atoms with Crippen LogP contribution in [0.4, 0.5) is 0 Å². The van der Waals surface area contributed by atoms with Crippen molar-refractivity contribution >= 4 is 22.7 Å². The first-order valence-electron chi connectivity index (χ1n) is 10.1. The maximum Gasteiger partial charge on any atom is 0.0445 e. The first kappa shape index (κ1) is 19.7. The molecule has 2 aromatic rings. The van der Waals surface area contributed by atoms with Crippen molar-refractivity contribution in [3.05, 3.63) is 78.6 Å². The monoisotopic (exact) mass is 406 g/mol. The molecule has 0 aromatic carbocycles. The lowest BCUT2D eigenvalue weighted by Crippen LogP contribution is -1.96. The minimum atomic E-state index is 0.480. The molecule has 0 amide bonds. The van der Waals surface area contributed by atoms with E-state index < -0.39 is 0 Å². The van der Waals surface area contributed by atoms with Crippen LogP contribution in [0.3, 0.4) is 0 Å². The molecule has 2 aromatic heterocycles. The van der Waals surface area contributed by atoms with Crippen molar-refractivity contribution < 1.29 is 0 Å². The predicted octanol–water partition coefficient (Wildman–Crippen LogP) is 9.02. The summed E-state index contributed by atoms with van der Waals surface area (Å²) < 4.78 is 0. The number of rotatable bonds is 3. The highest BCUT2D eigenvalue weighted by molar-refractivity contribution is 7.22. The summed E-state index contributed by atoms with van der Waals surface area (Å²) in [4.78, 5) is 5.78. The van der Waals surface area contributed by atoms with Crippen LogP contribution in [0.15, 0.2) is 68.9 Å². The van der Waals surface area contributed by atoms with Crippen molar-refractivity contribution in [2.45, 2.75) is 67.2 Å². The number of hydrogen-bond donors (Lipinski definition) is 0. The van der Waals surface area contributed by atoms with Gasteiger partial charge in [0.25, 0.3) is 0 Å². The van der Waals surface area contributed by atoms with Gasteiger partial charge in [0.15, 0.2) is 0 Å². The lowest BCUT2D eigenvalue weighted by atomic mass is 9.95. The highest BCUT2D eigenvalue weighted by Crippen LogP contribution is 2.49. The second-order valence-electron chi connectivity index (χ2n) is 8.50. The minimum Gasteiger partial charge on any atom is -0.138 e. The molecule has 2 aliphatic carbocycles. The zero-order valence-electron chi connectivity index (χ0n) is 18.3. The van der Waals surface area contributed by atoms with E-state index in [1.165, 1.54) is 64.1 Å². The summed E-state index contributed by atoms with van der Waals surface area (Å²) in [5, 5.41) is 0. The second kappa shape index (κ2) is 7.00. The zero-order valence-corrected chi connectivity index (χ0v) is 19.9. The molecule has 2 heteroatoms. The van der Waals surface area contributed by atoms with Gasteiger partial charge in [-0.05, 0) is 102 Å². The van der Waals surface area contributed by atoms with Gasteiger partial charge in [0.2, 0.25) is 0 Å². The average Bonchev–Trinajstić information content (AvgIpc) is 3.41. The van der Waals surface area contributed by atoms with Gasteiger partial charge in [-0.15, -0.1) is 22.7 Å². The molecule has 0 N–H and O–H groups in total. The maximum atomic E-state index is 2.35. The fourth-order valence-corrected chi connectivity index (χ4v) is 7.42. The Hall–Kier alpha value is -1.64. The van der Waals surface area contributed by atoms with Crippen molar-refractivity contribution in [1.82, 2.24) is 0 Å². The molecule has 0 spiro atoms. The SMILES string of the molecule is CC1=C(C)C(c2ccc(-c3ccc(C4C(C)=C(C)C(C)=C4C)s3)s2)C(C)=C1C. The zero-order chi connectivity index (χ0) is 20.3. The van der Waals surface area contributed by atoms with Crippen LogP contribution in [0.25, 0.3) is 9.75 Å². The minimum absolute atomic E-state index is 0.480. The maximum absolute atomic E-state index is 2.35. The molecule has 0 radical (unpaired) electrons. The molecule has 0 aliphatic heterocycles. The van der Waals surface area contributed by atoms with Gasteiger partial charge < -0.3 is 0 Å². The van der Waals surface area contributed by atoms with E-state index in [0.29, 0.717) is 11.8 Å². The number of thiophene rings is 2. The molecular weight excluding hydrogens is 376 g/mol. The molecule has 0 nitrogen and oxygen atoms in total. The molecule has 2 aliphatic rings. The van der Waals surface area contributed by atoms with Gasteiger partial charge in [0.05, 0.1) is 0 Å². The Balaban J connectivity index is 1.66. The van der Waals surface area contributed by atoms with Gasteiger partial charge in [-0.3, -0.25) is 0 Å². The standard InChI is InChI=1S/C26H30S2/c1-13-14(2)18(6)25(17(13)5)23-11-9-21(27-23)22-10-12-24(28-22)26-19(7)15(3)16(4)20(26)8/h9-12,25-26H,1-8H3. The fourth-order valence-electron chi connectivity index (χ4n) is 4.83. The summed E-state index contributed by atoms with van der Waals surface area (Å²) >= 11 is 3.94. The smallest absolute Gasteiger partial charge is 0.0445 e. The normalized spacial score (nSPS) is 19.3.